The van der Waals surface area contributed by atoms with Gasteiger partial charge in [-0.3, -0.25) is 9.69 Å². The summed E-state index contributed by atoms with van der Waals surface area (Å²) in [6.45, 7) is 6.40. The van der Waals surface area contributed by atoms with Gasteiger partial charge in [0, 0.05) is 36.1 Å². The third kappa shape index (κ3) is 1.69. The van der Waals surface area contributed by atoms with E-state index in [9.17, 15) is 4.79 Å². The molecule has 1 aliphatic rings. The Bertz CT molecular complexity index is 353. The van der Waals surface area contributed by atoms with Gasteiger partial charge in [-0.1, -0.05) is 11.3 Å². The van der Waals surface area contributed by atoms with Crippen molar-refractivity contribution < 1.29 is 0 Å². The number of thiazole rings is 1. The van der Waals surface area contributed by atoms with Gasteiger partial charge in [0.05, 0.1) is 0 Å². The average Bonchev–Trinajstić information content (AvgIpc) is 2.42. The van der Waals surface area contributed by atoms with E-state index in [0.717, 1.165) is 25.2 Å². The van der Waals surface area contributed by atoms with Crippen LogP contribution in [-0.4, -0.2) is 22.5 Å². The van der Waals surface area contributed by atoms with Gasteiger partial charge in [0.25, 0.3) is 0 Å². The van der Waals surface area contributed by atoms with Crippen LogP contribution < -0.4 is 4.87 Å². The maximum Gasteiger partial charge on any atom is 0.304 e. The first-order chi connectivity index (χ1) is 6.16. The number of hydrogen-bond donors (Lipinski definition) is 1. The summed E-state index contributed by atoms with van der Waals surface area (Å²) in [5, 5.41) is 0. The van der Waals surface area contributed by atoms with Crippen molar-refractivity contribution >= 4 is 11.3 Å². The lowest BCUT2D eigenvalue weighted by atomic mass is 10.1. The number of H-pyrrole nitrogens is 1. The Labute approximate surface area is 81.4 Å². The summed E-state index contributed by atoms with van der Waals surface area (Å²) in [6, 6.07) is 0.574. The molecule has 3 nitrogen and oxygen atoms in total. The summed E-state index contributed by atoms with van der Waals surface area (Å²) >= 11 is 1.36. The molecule has 0 bridgehead atoms. The van der Waals surface area contributed by atoms with Crippen LogP contribution in [0.3, 0.4) is 0 Å². The second-order valence-electron chi connectivity index (χ2n) is 3.73. The van der Waals surface area contributed by atoms with E-state index in [2.05, 4.69) is 23.7 Å². The number of rotatable bonds is 1. The highest BCUT2D eigenvalue weighted by molar-refractivity contribution is 7.09. The van der Waals surface area contributed by atoms with Gasteiger partial charge in [-0.2, -0.15) is 0 Å². The van der Waals surface area contributed by atoms with E-state index in [1.165, 1.54) is 16.2 Å². The van der Waals surface area contributed by atoms with Crippen molar-refractivity contribution in [3.8, 4) is 0 Å². The van der Waals surface area contributed by atoms with Crippen molar-refractivity contribution in [2.75, 3.05) is 6.54 Å². The lowest BCUT2D eigenvalue weighted by Crippen LogP contribution is -2.35. The van der Waals surface area contributed by atoms with Crippen molar-refractivity contribution in [2.24, 2.45) is 0 Å². The molecule has 0 aromatic carbocycles. The third-order valence-corrected chi connectivity index (χ3v) is 3.44. The van der Waals surface area contributed by atoms with Crippen molar-refractivity contribution in [1.29, 1.82) is 0 Å². The molecule has 0 atom stereocenters. The van der Waals surface area contributed by atoms with Gasteiger partial charge in [-0.15, -0.1) is 0 Å². The van der Waals surface area contributed by atoms with Gasteiger partial charge in [-0.25, -0.2) is 0 Å². The molecule has 2 heterocycles. The fourth-order valence-electron chi connectivity index (χ4n) is 1.68. The van der Waals surface area contributed by atoms with Gasteiger partial charge in [0.2, 0.25) is 0 Å². The monoisotopic (exact) mass is 198 g/mol. The number of fused-ring (bicyclic) bond motifs is 1. The van der Waals surface area contributed by atoms with Crippen LogP contribution in [0.5, 0.6) is 0 Å². The molecule has 72 valence electrons. The smallest absolute Gasteiger partial charge is 0.304 e. The molecule has 0 unspecified atom stereocenters. The Morgan fingerprint density at radius 1 is 1.54 bits per heavy atom. The maximum atomic E-state index is 11.1. The maximum absolute atomic E-state index is 11.1. The van der Waals surface area contributed by atoms with Crippen LogP contribution in [0.2, 0.25) is 0 Å². The van der Waals surface area contributed by atoms with E-state index in [0.29, 0.717) is 6.04 Å². The lowest BCUT2D eigenvalue weighted by Gasteiger charge is -2.29. The summed E-state index contributed by atoms with van der Waals surface area (Å²) in [5.41, 5.74) is 1.16. The van der Waals surface area contributed by atoms with Crippen LogP contribution in [-0.2, 0) is 13.0 Å². The van der Waals surface area contributed by atoms with Crippen LogP contribution in [0.15, 0.2) is 4.79 Å². The highest BCUT2D eigenvalue weighted by Crippen LogP contribution is 2.20. The van der Waals surface area contributed by atoms with Crippen molar-refractivity contribution in [1.82, 2.24) is 9.88 Å². The Hall–Kier alpha value is -0.610. The number of nitrogens with zero attached hydrogens (tertiary/aromatic N) is 1. The zero-order valence-electron chi connectivity index (χ0n) is 7.96. The van der Waals surface area contributed by atoms with Gasteiger partial charge in [0.1, 0.15) is 0 Å². The van der Waals surface area contributed by atoms with Crippen LogP contribution in [0, 0.1) is 0 Å². The van der Waals surface area contributed by atoms with Crippen LogP contribution in [0.25, 0.3) is 0 Å². The molecule has 0 amide bonds. The summed E-state index contributed by atoms with van der Waals surface area (Å²) in [6.07, 6.45) is 0.992. The molecule has 4 heteroatoms. The average molecular weight is 198 g/mol. The molecule has 13 heavy (non-hydrogen) atoms. The van der Waals surface area contributed by atoms with Gasteiger partial charge in [-0.05, 0) is 13.8 Å². The van der Waals surface area contributed by atoms with Crippen molar-refractivity contribution in [3.63, 3.8) is 0 Å². The molecular weight excluding hydrogens is 184 g/mol. The number of nitrogens with one attached hydrogen (secondary N) is 1. The molecule has 1 aromatic rings. The number of aromatic amines is 1. The summed E-state index contributed by atoms with van der Waals surface area (Å²) < 4.78 is 0. The first-order valence-electron chi connectivity index (χ1n) is 4.61. The first kappa shape index (κ1) is 8.97. The second kappa shape index (κ2) is 3.27. The van der Waals surface area contributed by atoms with Gasteiger partial charge in [0.15, 0.2) is 0 Å². The Morgan fingerprint density at radius 2 is 2.31 bits per heavy atom. The van der Waals surface area contributed by atoms with E-state index in [-0.39, 0.29) is 4.87 Å². The highest BCUT2D eigenvalue weighted by Gasteiger charge is 2.20. The van der Waals surface area contributed by atoms with Gasteiger partial charge < -0.3 is 4.98 Å². The SMILES string of the molecule is CC(C)N1CCc2[nH]c(=O)sc2C1. The molecule has 0 spiro atoms. The molecule has 0 saturated carbocycles. The summed E-state index contributed by atoms with van der Waals surface area (Å²) in [7, 11) is 0. The minimum absolute atomic E-state index is 0.0932. The minimum Gasteiger partial charge on any atom is -0.316 e. The van der Waals surface area contributed by atoms with E-state index in [1.807, 2.05) is 0 Å². The van der Waals surface area contributed by atoms with Crippen LogP contribution in [0.1, 0.15) is 24.4 Å². The minimum atomic E-state index is 0.0932. The zero-order chi connectivity index (χ0) is 9.42. The predicted molar refractivity (Wildman–Crippen MR) is 54.2 cm³/mol. The topological polar surface area (TPSA) is 36.1 Å². The molecule has 1 N–H and O–H groups in total. The molecule has 2 rings (SSSR count). The Kier molecular flexibility index (Phi) is 2.26. The predicted octanol–water partition coefficient (Wildman–Crippen LogP) is 1.20. The quantitative estimate of drug-likeness (QED) is 0.736. The van der Waals surface area contributed by atoms with Crippen molar-refractivity contribution in [3.05, 3.63) is 20.2 Å². The standard InChI is InChI=1S/C9H14N2OS/c1-6(2)11-4-3-7-8(5-11)13-9(12)10-7/h6H,3-5H2,1-2H3,(H,10,12). The summed E-state index contributed by atoms with van der Waals surface area (Å²) in [4.78, 5) is 17.7. The second-order valence-corrected chi connectivity index (χ2v) is 4.80. The molecule has 1 aliphatic heterocycles. The number of hydrogen-bond acceptors (Lipinski definition) is 3. The normalized spacial score (nSPS) is 17.8. The van der Waals surface area contributed by atoms with Crippen LogP contribution >= 0.6 is 11.3 Å². The first-order valence-corrected chi connectivity index (χ1v) is 5.43. The van der Waals surface area contributed by atoms with Crippen molar-refractivity contribution in [2.45, 2.75) is 32.9 Å². The lowest BCUT2D eigenvalue weighted by molar-refractivity contribution is 0.205. The van der Waals surface area contributed by atoms with Crippen LogP contribution in [0.4, 0.5) is 0 Å². The molecule has 1 aromatic heterocycles. The van der Waals surface area contributed by atoms with E-state index >= 15 is 0 Å². The van der Waals surface area contributed by atoms with E-state index in [1.54, 1.807) is 0 Å². The molecular formula is C9H14N2OS. The van der Waals surface area contributed by atoms with E-state index in [4.69, 9.17) is 0 Å². The molecule has 0 fully saturated rings. The highest BCUT2D eigenvalue weighted by atomic mass is 32.1. The Morgan fingerprint density at radius 3 is 3.00 bits per heavy atom. The largest absolute Gasteiger partial charge is 0.316 e. The fourth-order valence-corrected chi connectivity index (χ4v) is 2.59. The molecule has 0 radical (unpaired) electrons. The third-order valence-electron chi connectivity index (χ3n) is 2.53. The van der Waals surface area contributed by atoms with Gasteiger partial charge >= 0.3 is 4.87 Å². The summed E-state index contributed by atoms with van der Waals surface area (Å²) in [5.74, 6) is 0. The fraction of sp³-hybridized carbons (Fsp3) is 0.667. The zero-order valence-corrected chi connectivity index (χ0v) is 8.78. The molecule has 0 saturated heterocycles. The molecule has 0 aliphatic carbocycles. The number of aromatic nitrogens is 1. The van der Waals surface area contributed by atoms with E-state index < -0.39 is 0 Å². The Balaban J connectivity index is 2.24.